The Morgan fingerprint density at radius 1 is 1.00 bits per heavy atom. The maximum absolute atomic E-state index is 13.3. The second-order valence-electron chi connectivity index (χ2n) is 4.19. The molecular formula is C12H4ClF5N2O. The summed E-state index contributed by atoms with van der Waals surface area (Å²) in [6.45, 7) is 0. The van der Waals surface area contributed by atoms with E-state index in [9.17, 15) is 22.0 Å². The van der Waals surface area contributed by atoms with Crippen LogP contribution in [0.3, 0.4) is 0 Å². The van der Waals surface area contributed by atoms with E-state index in [1.807, 2.05) is 0 Å². The molecule has 0 amide bonds. The van der Waals surface area contributed by atoms with Crippen LogP contribution >= 0.6 is 11.6 Å². The van der Waals surface area contributed by atoms with Gasteiger partial charge < -0.3 is 4.42 Å². The van der Waals surface area contributed by atoms with Gasteiger partial charge in [0.2, 0.25) is 5.82 Å². The van der Waals surface area contributed by atoms with Gasteiger partial charge in [0.25, 0.3) is 0 Å². The third-order valence-corrected chi connectivity index (χ3v) is 3.07. The summed E-state index contributed by atoms with van der Waals surface area (Å²) >= 11 is 5.64. The van der Waals surface area contributed by atoms with Crippen LogP contribution < -0.4 is 0 Å². The predicted molar refractivity (Wildman–Crippen MR) is 64.3 cm³/mol. The number of benzene rings is 1. The summed E-state index contributed by atoms with van der Waals surface area (Å²) in [5.74, 6) is -6.91. The van der Waals surface area contributed by atoms with Gasteiger partial charge in [0, 0.05) is 5.39 Å². The number of hydrogen-bond donors (Lipinski definition) is 0. The van der Waals surface area contributed by atoms with Gasteiger partial charge in [-0.15, -0.1) is 0 Å². The normalized spacial score (nSPS) is 13.2. The molecule has 0 aliphatic carbocycles. The molecule has 0 unspecified atom stereocenters. The molecule has 0 atom stereocenters. The van der Waals surface area contributed by atoms with Crippen molar-refractivity contribution in [3.8, 4) is 0 Å². The molecular weight excluding hydrogens is 319 g/mol. The first kappa shape index (κ1) is 14.0. The van der Waals surface area contributed by atoms with E-state index in [2.05, 4.69) is 9.97 Å². The first-order valence-corrected chi connectivity index (χ1v) is 5.89. The zero-order valence-corrected chi connectivity index (χ0v) is 10.6. The minimum atomic E-state index is -5.82. The van der Waals surface area contributed by atoms with Gasteiger partial charge >= 0.3 is 12.1 Å². The smallest absolute Gasteiger partial charge is 0.451 e. The van der Waals surface area contributed by atoms with E-state index in [-0.39, 0.29) is 22.1 Å². The molecule has 0 saturated heterocycles. The van der Waals surface area contributed by atoms with Crippen LogP contribution in [0.4, 0.5) is 22.0 Å². The number of nitrogens with zero attached hydrogens (tertiary/aromatic N) is 2. The molecule has 3 aromatic rings. The van der Waals surface area contributed by atoms with Crippen LogP contribution in [-0.2, 0) is 5.92 Å². The minimum absolute atomic E-state index is 0.139. The summed E-state index contributed by atoms with van der Waals surface area (Å²) in [6, 6.07) is 6.15. The van der Waals surface area contributed by atoms with Crippen molar-refractivity contribution in [2.45, 2.75) is 12.1 Å². The molecule has 0 aliphatic rings. The van der Waals surface area contributed by atoms with E-state index in [1.165, 1.54) is 12.1 Å². The van der Waals surface area contributed by atoms with Crippen LogP contribution in [0.5, 0.6) is 0 Å². The van der Waals surface area contributed by atoms with E-state index in [4.69, 9.17) is 16.0 Å². The highest BCUT2D eigenvalue weighted by Gasteiger charge is 2.61. The molecule has 0 fully saturated rings. The maximum atomic E-state index is 13.3. The molecule has 0 saturated carbocycles. The van der Waals surface area contributed by atoms with Gasteiger partial charge in [-0.1, -0.05) is 23.7 Å². The van der Waals surface area contributed by atoms with E-state index in [0.717, 1.165) is 0 Å². The van der Waals surface area contributed by atoms with Crippen LogP contribution in [0, 0.1) is 0 Å². The number of aromatic nitrogens is 2. The third-order valence-electron chi connectivity index (χ3n) is 2.82. The highest BCUT2D eigenvalue weighted by atomic mass is 35.5. The molecule has 0 spiro atoms. The van der Waals surface area contributed by atoms with Crippen molar-refractivity contribution in [1.29, 1.82) is 0 Å². The lowest BCUT2D eigenvalue weighted by Crippen LogP contribution is -2.35. The third kappa shape index (κ3) is 2.01. The number of halogens is 6. The Morgan fingerprint density at radius 2 is 1.67 bits per heavy atom. The average molecular weight is 323 g/mol. The highest BCUT2D eigenvalue weighted by molar-refractivity contribution is 6.34. The maximum Gasteiger partial charge on any atom is 0.461 e. The van der Waals surface area contributed by atoms with Crippen molar-refractivity contribution in [2.24, 2.45) is 0 Å². The largest absolute Gasteiger partial charge is 0.461 e. The second kappa shape index (κ2) is 4.27. The average Bonchev–Trinajstić information content (AvgIpc) is 2.77. The number of fused-ring (bicyclic) bond motifs is 3. The topological polar surface area (TPSA) is 38.9 Å². The molecule has 1 aromatic carbocycles. The Hall–Kier alpha value is -1.96. The lowest BCUT2D eigenvalue weighted by atomic mass is 10.2. The molecule has 0 bridgehead atoms. The van der Waals surface area contributed by atoms with E-state index in [1.54, 1.807) is 12.1 Å². The molecule has 0 N–H and O–H groups in total. The lowest BCUT2D eigenvalue weighted by Gasteiger charge is -2.17. The summed E-state index contributed by atoms with van der Waals surface area (Å²) in [4.78, 5) is 6.33. The fourth-order valence-corrected chi connectivity index (χ4v) is 2.03. The van der Waals surface area contributed by atoms with Crippen molar-refractivity contribution in [3.63, 3.8) is 0 Å². The van der Waals surface area contributed by atoms with Gasteiger partial charge in [0.1, 0.15) is 11.1 Å². The fourth-order valence-electron chi connectivity index (χ4n) is 1.82. The number of hydrogen-bond acceptors (Lipinski definition) is 3. The molecule has 0 radical (unpaired) electrons. The summed E-state index contributed by atoms with van der Waals surface area (Å²) in [7, 11) is 0. The quantitative estimate of drug-likeness (QED) is 0.482. The molecule has 9 heteroatoms. The van der Waals surface area contributed by atoms with E-state index >= 15 is 0 Å². The second-order valence-corrected chi connectivity index (χ2v) is 4.54. The summed E-state index contributed by atoms with van der Waals surface area (Å²) in [6.07, 6.45) is -5.82. The van der Waals surface area contributed by atoms with Gasteiger partial charge in [-0.2, -0.15) is 22.0 Å². The zero-order valence-electron chi connectivity index (χ0n) is 9.88. The SMILES string of the molecule is FC(F)(F)C(F)(F)c1nc(Cl)c2oc3ccccc3c2n1. The van der Waals surface area contributed by atoms with Crippen molar-refractivity contribution >= 4 is 33.7 Å². The first-order valence-electron chi connectivity index (χ1n) is 5.51. The Bertz CT molecular complexity index is 843. The van der Waals surface area contributed by atoms with Gasteiger partial charge in [-0.3, -0.25) is 0 Å². The van der Waals surface area contributed by atoms with Crippen LogP contribution in [0.1, 0.15) is 5.82 Å². The molecule has 2 aromatic heterocycles. The van der Waals surface area contributed by atoms with Crippen LogP contribution in [0.15, 0.2) is 28.7 Å². The Labute approximate surface area is 118 Å². The first-order chi connectivity index (χ1) is 9.72. The zero-order chi connectivity index (χ0) is 15.4. The van der Waals surface area contributed by atoms with Crippen molar-refractivity contribution in [1.82, 2.24) is 9.97 Å². The van der Waals surface area contributed by atoms with Gasteiger partial charge in [-0.05, 0) is 12.1 Å². The standard InChI is InChI=1S/C12H4ClF5N2O/c13-9-8-7(5-3-1-2-4-6(5)21-8)19-10(20-9)11(14,15)12(16,17)18/h1-4H. The Morgan fingerprint density at radius 3 is 2.33 bits per heavy atom. The highest BCUT2D eigenvalue weighted by Crippen LogP contribution is 2.43. The lowest BCUT2D eigenvalue weighted by molar-refractivity contribution is -0.292. The Kier molecular flexibility index (Phi) is 2.84. The molecule has 110 valence electrons. The van der Waals surface area contributed by atoms with Gasteiger partial charge in [0.15, 0.2) is 10.7 Å². The monoisotopic (exact) mass is 322 g/mol. The van der Waals surface area contributed by atoms with E-state index in [0.29, 0.717) is 0 Å². The predicted octanol–water partition coefficient (Wildman–Crippen LogP) is 4.68. The molecule has 21 heavy (non-hydrogen) atoms. The Balaban J connectivity index is 2.35. The van der Waals surface area contributed by atoms with E-state index < -0.39 is 23.1 Å². The number of rotatable bonds is 1. The number of furan rings is 1. The molecule has 0 aliphatic heterocycles. The van der Waals surface area contributed by atoms with Crippen molar-refractivity contribution < 1.29 is 26.4 Å². The number of alkyl halides is 5. The van der Waals surface area contributed by atoms with Crippen LogP contribution in [-0.4, -0.2) is 16.1 Å². The van der Waals surface area contributed by atoms with Crippen LogP contribution in [0.25, 0.3) is 22.1 Å². The van der Waals surface area contributed by atoms with Crippen molar-refractivity contribution in [3.05, 3.63) is 35.2 Å². The summed E-state index contributed by atoms with van der Waals surface area (Å²) in [5, 5.41) is -0.328. The molecule has 3 rings (SSSR count). The summed E-state index contributed by atoms with van der Waals surface area (Å²) in [5.41, 5.74) is -0.0692. The molecule has 2 heterocycles. The van der Waals surface area contributed by atoms with Gasteiger partial charge in [0.05, 0.1) is 0 Å². The minimum Gasteiger partial charge on any atom is -0.451 e. The van der Waals surface area contributed by atoms with Crippen LogP contribution in [0.2, 0.25) is 5.15 Å². The van der Waals surface area contributed by atoms with Gasteiger partial charge in [-0.25, -0.2) is 9.97 Å². The molecule has 3 nitrogen and oxygen atoms in total. The summed E-state index contributed by atoms with van der Waals surface area (Å²) < 4.78 is 69.1. The van der Waals surface area contributed by atoms with Crippen molar-refractivity contribution in [2.75, 3.05) is 0 Å². The fraction of sp³-hybridized carbons (Fsp3) is 0.167. The number of para-hydroxylation sites is 1.